The minimum absolute atomic E-state index is 0.00343. The van der Waals surface area contributed by atoms with Crippen LogP contribution in [-0.2, 0) is 0 Å². The zero-order chi connectivity index (χ0) is 16.8. The van der Waals surface area contributed by atoms with Gasteiger partial charge in [0.1, 0.15) is 0 Å². The molecule has 1 aromatic heterocycles. The summed E-state index contributed by atoms with van der Waals surface area (Å²) in [5, 5.41) is 7.22. The van der Waals surface area contributed by atoms with Crippen molar-refractivity contribution in [2.75, 3.05) is 19.6 Å². The molecule has 0 radical (unpaired) electrons. The van der Waals surface area contributed by atoms with E-state index in [0.29, 0.717) is 5.56 Å². The molecule has 128 valence electrons. The lowest BCUT2D eigenvalue weighted by molar-refractivity contribution is -0.928. The van der Waals surface area contributed by atoms with Gasteiger partial charge >= 0.3 is 0 Å². The Kier molecular flexibility index (Phi) is 5.64. The van der Waals surface area contributed by atoms with Crippen molar-refractivity contribution in [1.29, 1.82) is 0 Å². The summed E-state index contributed by atoms with van der Waals surface area (Å²) in [5.74, 6) is 0.00343. The van der Waals surface area contributed by atoms with Crippen LogP contribution in [0.3, 0.4) is 0 Å². The van der Waals surface area contributed by atoms with E-state index in [9.17, 15) is 4.79 Å². The smallest absolute Gasteiger partial charge is 0.251 e. The average molecular weight is 327 g/mol. The molecule has 2 N–H and O–H groups in total. The number of likely N-dealkylation sites (tertiary alicyclic amines) is 1. The van der Waals surface area contributed by atoms with E-state index in [1.165, 1.54) is 25.8 Å². The van der Waals surface area contributed by atoms with Gasteiger partial charge in [0.2, 0.25) is 0 Å². The van der Waals surface area contributed by atoms with E-state index in [4.69, 9.17) is 0 Å². The summed E-state index contributed by atoms with van der Waals surface area (Å²) in [4.78, 5) is 13.9. The molecule has 1 fully saturated rings. The summed E-state index contributed by atoms with van der Waals surface area (Å²) in [7, 11) is 0. The molecule has 1 aliphatic rings. The summed E-state index contributed by atoms with van der Waals surface area (Å²) < 4.78 is 1.78. The van der Waals surface area contributed by atoms with Crippen LogP contribution < -0.4 is 10.2 Å². The van der Waals surface area contributed by atoms with Gasteiger partial charge in [0.15, 0.2) is 0 Å². The molecule has 1 unspecified atom stereocenters. The van der Waals surface area contributed by atoms with Gasteiger partial charge in [0.25, 0.3) is 5.91 Å². The Morgan fingerprint density at radius 3 is 2.88 bits per heavy atom. The van der Waals surface area contributed by atoms with Crippen molar-refractivity contribution in [1.82, 2.24) is 15.1 Å². The largest absolute Gasteiger partial charge is 0.352 e. The van der Waals surface area contributed by atoms with E-state index >= 15 is 0 Å². The van der Waals surface area contributed by atoms with Gasteiger partial charge in [-0.05, 0) is 56.5 Å². The van der Waals surface area contributed by atoms with E-state index in [1.807, 2.05) is 36.5 Å². The first-order valence-electron chi connectivity index (χ1n) is 8.97. The normalized spacial score (nSPS) is 20.7. The third kappa shape index (κ3) is 4.23. The third-order valence-corrected chi connectivity index (χ3v) is 4.94. The Morgan fingerprint density at radius 2 is 2.17 bits per heavy atom. The zero-order valence-corrected chi connectivity index (χ0v) is 14.4. The van der Waals surface area contributed by atoms with Gasteiger partial charge in [-0.2, -0.15) is 5.10 Å². The quantitative estimate of drug-likeness (QED) is 0.789. The predicted molar refractivity (Wildman–Crippen MR) is 94.5 cm³/mol. The Morgan fingerprint density at radius 1 is 1.33 bits per heavy atom. The lowest BCUT2D eigenvalue weighted by Gasteiger charge is -2.30. The predicted octanol–water partition coefficient (Wildman–Crippen LogP) is 1.45. The highest BCUT2D eigenvalue weighted by molar-refractivity contribution is 5.94. The van der Waals surface area contributed by atoms with E-state index in [2.05, 4.69) is 17.3 Å². The van der Waals surface area contributed by atoms with Crippen molar-refractivity contribution in [2.24, 2.45) is 0 Å². The molecule has 1 amide bonds. The summed E-state index contributed by atoms with van der Waals surface area (Å²) in [6, 6.07) is 10.2. The van der Waals surface area contributed by atoms with Crippen LogP contribution in [0.15, 0.2) is 42.7 Å². The molecule has 5 heteroatoms. The van der Waals surface area contributed by atoms with Crippen molar-refractivity contribution in [3.05, 3.63) is 48.3 Å². The van der Waals surface area contributed by atoms with Crippen LogP contribution in [0.25, 0.3) is 5.69 Å². The summed E-state index contributed by atoms with van der Waals surface area (Å²) in [6.45, 7) is 5.52. The van der Waals surface area contributed by atoms with Gasteiger partial charge in [-0.3, -0.25) is 4.79 Å². The summed E-state index contributed by atoms with van der Waals surface area (Å²) in [5.41, 5.74) is 1.66. The minimum atomic E-state index is 0.00343. The molecule has 5 nitrogen and oxygen atoms in total. The summed E-state index contributed by atoms with van der Waals surface area (Å²) in [6.07, 6.45) is 8.72. The van der Waals surface area contributed by atoms with Crippen LogP contribution in [0.1, 0.15) is 43.0 Å². The molecule has 0 spiro atoms. The van der Waals surface area contributed by atoms with Crippen molar-refractivity contribution < 1.29 is 9.69 Å². The molecule has 0 aliphatic carbocycles. The summed E-state index contributed by atoms with van der Waals surface area (Å²) >= 11 is 0. The fraction of sp³-hybridized carbons (Fsp3) is 0.474. The maximum absolute atomic E-state index is 12.2. The molecule has 3 rings (SSSR count). The van der Waals surface area contributed by atoms with Crippen molar-refractivity contribution >= 4 is 5.91 Å². The number of piperidine rings is 1. The fourth-order valence-corrected chi connectivity index (χ4v) is 3.43. The molecule has 2 atom stereocenters. The minimum Gasteiger partial charge on any atom is -0.352 e. The topological polar surface area (TPSA) is 51.4 Å². The van der Waals surface area contributed by atoms with Crippen LogP contribution in [0.4, 0.5) is 0 Å². The molecule has 1 aliphatic heterocycles. The van der Waals surface area contributed by atoms with Crippen LogP contribution in [0.5, 0.6) is 0 Å². The highest BCUT2D eigenvalue weighted by atomic mass is 16.1. The van der Waals surface area contributed by atoms with Gasteiger partial charge in [0.05, 0.1) is 24.8 Å². The van der Waals surface area contributed by atoms with Crippen LogP contribution in [0.2, 0.25) is 0 Å². The number of hydrogen-bond acceptors (Lipinski definition) is 2. The number of quaternary nitrogens is 1. The first kappa shape index (κ1) is 16.7. The van der Waals surface area contributed by atoms with Crippen LogP contribution in [0, 0.1) is 0 Å². The Hall–Kier alpha value is -2.14. The Bertz CT molecular complexity index is 636. The Balaban J connectivity index is 1.43. The lowest BCUT2D eigenvalue weighted by atomic mass is 10.0. The number of carbonyl (C=O) groups excluding carboxylic acids is 1. The molecule has 0 bridgehead atoms. The van der Waals surface area contributed by atoms with E-state index in [1.54, 1.807) is 15.8 Å². The monoisotopic (exact) mass is 327 g/mol. The number of aromatic nitrogens is 2. The first-order valence-corrected chi connectivity index (χ1v) is 8.97. The van der Waals surface area contributed by atoms with Crippen molar-refractivity contribution in [3.8, 4) is 5.69 Å². The second-order valence-electron chi connectivity index (χ2n) is 6.66. The van der Waals surface area contributed by atoms with Gasteiger partial charge in [-0.15, -0.1) is 0 Å². The second kappa shape index (κ2) is 8.11. The number of rotatable bonds is 6. The van der Waals surface area contributed by atoms with Crippen molar-refractivity contribution in [2.45, 2.75) is 38.6 Å². The highest BCUT2D eigenvalue weighted by Gasteiger charge is 2.20. The molecule has 1 saturated heterocycles. The number of carbonyl (C=O) groups is 1. The molecule has 2 aromatic rings. The van der Waals surface area contributed by atoms with Gasteiger partial charge < -0.3 is 10.2 Å². The molecule has 0 saturated carbocycles. The second-order valence-corrected chi connectivity index (χ2v) is 6.66. The number of nitrogens with zero attached hydrogens (tertiary/aromatic N) is 2. The molecule has 24 heavy (non-hydrogen) atoms. The van der Waals surface area contributed by atoms with E-state index in [0.717, 1.165) is 31.2 Å². The van der Waals surface area contributed by atoms with Gasteiger partial charge in [0, 0.05) is 30.9 Å². The molecular weight excluding hydrogens is 300 g/mol. The van der Waals surface area contributed by atoms with Crippen molar-refractivity contribution in [3.63, 3.8) is 0 Å². The number of hydrogen-bond donors (Lipinski definition) is 2. The highest BCUT2D eigenvalue weighted by Crippen LogP contribution is 2.08. The molecular formula is C19H27N4O+. The Labute approximate surface area is 143 Å². The maximum Gasteiger partial charge on any atom is 0.251 e. The molecule has 1 aromatic carbocycles. The lowest BCUT2D eigenvalue weighted by Crippen LogP contribution is -3.16. The third-order valence-electron chi connectivity index (χ3n) is 4.94. The van der Waals surface area contributed by atoms with E-state index < -0.39 is 0 Å². The number of amides is 1. The molecule has 2 heterocycles. The van der Waals surface area contributed by atoms with E-state index in [-0.39, 0.29) is 5.91 Å². The standard InChI is InChI=1S/C19H26N4O/c1-16-6-2-3-13-22(16)14-4-11-20-19(24)17-7-9-18(10-8-17)23-15-5-12-21-23/h5,7-10,12,15-16H,2-4,6,11,13-14H2,1H3,(H,20,24)/p+1/t16-/m0/s1. The SMILES string of the molecule is C[C@H]1CCCC[NH+]1CCCNC(=O)c1ccc(-n2cccn2)cc1. The van der Waals surface area contributed by atoms with Gasteiger partial charge in [-0.25, -0.2) is 4.68 Å². The average Bonchev–Trinajstić information content (AvgIpc) is 3.15. The zero-order valence-electron chi connectivity index (χ0n) is 14.4. The van der Waals surface area contributed by atoms with Crippen LogP contribution in [-0.4, -0.2) is 41.4 Å². The van der Waals surface area contributed by atoms with Gasteiger partial charge in [-0.1, -0.05) is 0 Å². The van der Waals surface area contributed by atoms with Crippen LogP contribution >= 0.6 is 0 Å². The first-order chi connectivity index (χ1) is 11.7. The fourth-order valence-electron chi connectivity index (χ4n) is 3.43. The number of nitrogens with one attached hydrogen (secondary N) is 2. The maximum atomic E-state index is 12.2. The number of benzene rings is 1.